The van der Waals surface area contributed by atoms with Crippen molar-refractivity contribution in [3.8, 4) is 0 Å². The van der Waals surface area contributed by atoms with E-state index >= 15 is 0 Å². The van der Waals surface area contributed by atoms with Crippen LogP contribution in [0.5, 0.6) is 0 Å². The molecule has 3 aromatic carbocycles. The van der Waals surface area contributed by atoms with E-state index in [1.807, 2.05) is 0 Å². The van der Waals surface area contributed by atoms with Gasteiger partial charge in [-0.2, -0.15) is 0 Å². The Kier molecular flexibility index (Phi) is 5.93. The molecule has 0 saturated carbocycles. The fraction of sp³-hybridized carbons (Fsp3) is 0.238. The minimum atomic E-state index is 0.645. The number of hydrogen-bond acceptors (Lipinski definition) is 1. The van der Waals surface area contributed by atoms with Crippen LogP contribution in [-0.4, -0.2) is 0 Å². The van der Waals surface area contributed by atoms with Gasteiger partial charge in [-0.05, 0) is 125 Å². The van der Waals surface area contributed by atoms with Gasteiger partial charge in [0.15, 0.2) is 0 Å². The summed E-state index contributed by atoms with van der Waals surface area (Å²) in [5, 5.41) is 5.00. The minimum Gasteiger partial charge on any atom is -0.455 e. The summed E-state index contributed by atoms with van der Waals surface area (Å²) in [6, 6.07) is 20.2. The molecule has 5 aliphatic rings. The molecule has 0 amide bonds. The van der Waals surface area contributed by atoms with Crippen molar-refractivity contribution in [1.29, 1.82) is 0 Å². The normalized spacial score (nSPS) is 21.2. The van der Waals surface area contributed by atoms with Gasteiger partial charge in [-0.25, -0.2) is 0 Å². The maximum Gasteiger partial charge on any atom is 0.143 e. The zero-order valence-electron chi connectivity index (χ0n) is 24.7. The van der Waals surface area contributed by atoms with Crippen molar-refractivity contribution >= 4 is 45.0 Å². The number of rotatable bonds is 3. The van der Waals surface area contributed by atoms with E-state index in [2.05, 4.69) is 103 Å². The predicted octanol–water partition coefficient (Wildman–Crippen LogP) is 9.67. The summed E-state index contributed by atoms with van der Waals surface area (Å²) in [4.78, 5) is 0. The predicted molar refractivity (Wildman–Crippen MR) is 181 cm³/mol. The van der Waals surface area contributed by atoms with Crippen molar-refractivity contribution < 1.29 is 4.42 Å². The van der Waals surface area contributed by atoms with Crippen molar-refractivity contribution in [2.45, 2.75) is 57.8 Å². The first-order valence-electron chi connectivity index (χ1n) is 16.2. The molecule has 9 rings (SSSR count). The summed E-state index contributed by atoms with van der Waals surface area (Å²) in [5.74, 6) is 0.645. The lowest BCUT2D eigenvalue weighted by molar-refractivity contribution is 0.557. The molecular weight excluding hydrogens is 520 g/mol. The Morgan fingerprint density at radius 1 is 0.698 bits per heavy atom. The average Bonchev–Trinajstić information content (AvgIpc) is 3.47. The lowest BCUT2D eigenvalue weighted by Crippen LogP contribution is -2.27. The largest absolute Gasteiger partial charge is 0.455 e. The molecule has 210 valence electrons. The van der Waals surface area contributed by atoms with E-state index < -0.39 is 0 Å². The van der Waals surface area contributed by atoms with E-state index in [0.717, 1.165) is 36.7 Å². The monoisotopic (exact) mass is 556 g/mol. The van der Waals surface area contributed by atoms with Crippen molar-refractivity contribution in [2.75, 3.05) is 0 Å². The fourth-order valence-corrected chi connectivity index (χ4v) is 8.13. The van der Waals surface area contributed by atoms with Gasteiger partial charge < -0.3 is 4.42 Å². The molecule has 1 heterocycles. The van der Waals surface area contributed by atoms with Crippen LogP contribution in [-0.2, 0) is 6.42 Å². The lowest BCUT2D eigenvalue weighted by Gasteiger charge is -2.30. The SMILES string of the molecule is C1=Cc2ccc(C3=CC4=CC=C(C5=CC=C(C6=c7oc8c(ccc9ccccc98)c7=CCC6)CC5)CC4CC3)cc2CC1. The highest BCUT2D eigenvalue weighted by atomic mass is 16.3. The summed E-state index contributed by atoms with van der Waals surface area (Å²) >= 11 is 0. The Morgan fingerprint density at radius 3 is 2.56 bits per heavy atom. The third-order valence-electron chi connectivity index (χ3n) is 10.5. The highest BCUT2D eigenvalue weighted by Gasteiger charge is 2.26. The van der Waals surface area contributed by atoms with Crippen molar-refractivity contribution in [1.82, 2.24) is 0 Å². The number of aryl methyl sites for hydroxylation is 1. The summed E-state index contributed by atoms with van der Waals surface area (Å²) < 4.78 is 6.68. The molecule has 1 aromatic heterocycles. The van der Waals surface area contributed by atoms with Crippen molar-refractivity contribution in [2.24, 2.45) is 5.92 Å². The molecule has 4 aromatic rings. The highest BCUT2D eigenvalue weighted by Crippen LogP contribution is 2.42. The van der Waals surface area contributed by atoms with Gasteiger partial charge in [-0.3, -0.25) is 0 Å². The second-order valence-corrected chi connectivity index (χ2v) is 12.9. The summed E-state index contributed by atoms with van der Waals surface area (Å²) in [7, 11) is 0. The Hall–Kier alpha value is -4.36. The zero-order chi connectivity index (χ0) is 28.3. The van der Waals surface area contributed by atoms with Crippen molar-refractivity contribution in [3.63, 3.8) is 0 Å². The molecule has 0 N–H and O–H groups in total. The number of allylic oxidation sites excluding steroid dienone is 11. The summed E-state index contributed by atoms with van der Waals surface area (Å²) in [6.07, 6.45) is 29.4. The van der Waals surface area contributed by atoms with Crippen LogP contribution < -0.4 is 10.6 Å². The average molecular weight is 557 g/mol. The first-order chi connectivity index (χ1) is 21.3. The van der Waals surface area contributed by atoms with E-state index in [9.17, 15) is 0 Å². The van der Waals surface area contributed by atoms with Crippen LogP contribution in [0.2, 0.25) is 0 Å². The lowest BCUT2D eigenvalue weighted by atomic mass is 9.74. The molecule has 0 fully saturated rings. The smallest absolute Gasteiger partial charge is 0.143 e. The second-order valence-electron chi connectivity index (χ2n) is 12.9. The van der Waals surface area contributed by atoms with Crippen LogP contribution >= 0.6 is 0 Å². The maximum atomic E-state index is 6.68. The topological polar surface area (TPSA) is 13.1 Å². The van der Waals surface area contributed by atoms with E-state index in [4.69, 9.17) is 4.42 Å². The van der Waals surface area contributed by atoms with Gasteiger partial charge in [0.1, 0.15) is 11.0 Å². The molecule has 0 bridgehead atoms. The van der Waals surface area contributed by atoms with E-state index in [1.54, 1.807) is 5.57 Å². The number of hydrogen-bond donors (Lipinski definition) is 0. The van der Waals surface area contributed by atoms with Crippen LogP contribution in [0.25, 0.3) is 45.0 Å². The Labute approximate surface area is 253 Å². The van der Waals surface area contributed by atoms with E-state index in [0.29, 0.717) is 5.92 Å². The summed E-state index contributed by atoms with van der Waals surface area (Å²) in [6.45, 7) is 0. The second kappa shape index (κ2) is 10.1. The molecule has 1 atom stereocenters. The van der Waals surface area contributed by atoms with Gasteiger partial charge >= 0.3 is 0 Å². The first kappa shape index (κ1) is 25.2. The van der Waals surface area contributed by atoms with Gasteiger partial charge in [0.25, 0.3) is 0 Å². The standard InChI is InChI=1S/C42H36O/c1-2-8-31-24-33(17-14-27(31)6-1)36-21-20-34-25-32(18-19-35(34)26-36)28-12-15-30(16-13-28)38-10-5-11-39-40-23-22-29-7-3-4-9-37(29)42(40)43-41(38)39/h1,3-4,6-7,9,11-12,14-15,17-19,22-24,26,34H,2,5,8,10,13,16,20-21,25H2. The molecular formula is C42H36O. The molecule has 0 saturated heterocycles. The molecule has 1 heteroatoms. The summed E-state index contributed by atoms with van der Waals surface area (Å²) in [5.41, 5.74) is 15.4. The van der Waals surface area contributed by atoms with Crippen LogP contribution in [0, 0.1) is 5.92 Å². The van der Waals surface area contributed by atoms with Crippen LogP contribution in [0.1, 0.15) is 68.1 Å². The quantitative estimate of drug-likeness (QED) is 0.245. The van der Waals surface area contributed by atoms with Gasteiger partial charge in [-0.1, -0.05) is 97.1 Å². The molecule has 5 aliphatic carbocycles. The van der Waals surface area contributed by atoms with Crippen LogP contribution in [0.3, 0.4) is 0 Å². The van der Waals surface area contributed by atoms with Gasteiger partial charge in [0, 0.05) is 16.0 Å². The highest BCUT2D eigenvalue weighted by molar-refractivity contribution is 6.04. The Bertz CT molecular complexity index is 2150. The van der Waals surface area contributed by atoms with E-state index in [-0.39, 0.29) is 0 Å². The number of benzene rings is 3. The number of fused-ring (bicyclic) bond motifs is 7. The Morgan fingerprint density at radius 2 is 1.60 bits per heavy atom. The van der Waals surface area contributed by atoms with Gasteiger partial charge in [-0.15, -0.1) is 0 Å². The van der Waals surface area contributed by atoms with Crippen LogP contribution in [0.15, 0.2) is 118 Å². The third-order valence-corrected chi connectivity index (χ3v) is 10.5. The zero-order valence-corrected chi connectivity index (χ0v) is 24.7. The van der Waals surface area contributed by atoms with Gasteiger partial charge in [0.2, 0.25) is 0 Å². The molecule has 0 aliphatic heterocycles. The number of furan rings is 1. The van der Waals surface area contributed by atoms with Gasteiger partial charge in [0.05, 0.1) is 0 Å². The molecule has 1 nitrogen and oxygen atoms in total. The molecule has 0 radical (unpaired) electrons. The first-order valence-corrected chi connectivity index (χ1v) is 16.2. The molecule has 0 spiro atoms. The minimum absolute atomic E-state index is 0.645. The maximum absolute atomic E-state index is 6.68. The Balaban J connectivity index is 1.02. The van der Waals surface area contributed by atoms with Crippen LogP contribution in [0.4, 0.5) is 0 Å². The van der Waals surface area contributed by atoms with E-state index in [1.165, 1.54) is 98.0 Å². The van der Waals surface area contributed by atoms with Crippen molar-refractivity contribution in [3.05, 3.63) is 141 Å². The fourth-order valence-electron chi connectivity index (χ4n) is 8.13. The molecule has 43 heavy (non-hydrogen) atoms. The third kappa shape index (κ3) is 4.28. The molecule has 1 unspecified atom stereocenters.